The highest BCUT2D eigenvalue weighted by molar-refractivity contribution is 6.01. The summed E-state index contributed by atoms with van der Waals surface area (Å²) in [4.78, 5) is 23.8. The monoisotopic (exact) mass is 263 g/mol. The second-order valence-electron chi connectivity index (χ2n) is 4.95. The molecule has 5 nitrogen and oxygen atoms in total. The highest BCUT2D eigenvalue weighted by Gasteiger charge is 2.18. The first-order valence-electron chi connectivity index (χ1n) is 6.28. The van der Waals surface area contributed by atoms with Gasteiger partial charge in [-0.3, -0.25) is 9.59 Å². The second kappa shape index (κ2) is 6.22. The van der Waals surface area contributed by atoms with E-state index in [-0.39, 0.29) is 17.9 Å². The molecular weight excluding hydrogens is 242 g/mol. The van der Waals surface area contributed by atoms with Gasteiger partial charge in [0.15, 0.2) is 0 Å². The fraction of sp³-hybridized carbons (Fsp3) is 0.429. The Labute approximate surface area is 113 Å². The van der Waals surface area contributed by atoms with Crippen LogP contribution in [0, 0.1) is 6.92 Å². The zero-order valence-corrected chi connectivity index (χ0v) is 11.8. The summed E-state index contributed by atoms with van der Waals surface area (Å²) in [5.41, 5.74) is 7.50. The molecule has 0 aliphatic carbocycles. The number of rotatable bonds is 4. The number of anilines is 1. The van der Waals surface area contributed by atoms with Crippen molar-refractivity contribution in [1.82, 2.24) is 10.6 Å². The molecule has 0 heterocycles. The zero-order valence-electron chi connectivity index (χ0n) is 11.8. The molecule has 0 radical (unpaired) electrons. The first-order chi connectivity index (χ1) is 8.81. The first-order valence-corrected chi connectivity index (χ1v) is 6.28. The maximum absolute atomic E-state index is 12.0. The quantitative estimate of drug-likeness (QED) is 0.714. The van der Waals surface area contributed by atoms with E-state index in [9.17, 15) is 9.59 Å². The van der Waals surface area contributed by atoms with E-state index in [2.05, 4.69) is 10.6 Å². The van der Waals surface area contributed by atoms with Crippen LogP contribution in [0.2, 0.25) is 0 Å². The fourth-order valence-electron chi connectivity index (χ4n) is 1.62. The van der Waals surface area contributed by atoms with Crippen molar-refractivity contribution in [2.75, 3.05) is 5.73 Å². The molecule has 0 spiro atoms. The Hall–Kier alpha value is -2.04. The molecule has 0 aromatic heterocycles. The van der Waals surface area contributed by atoms with Crippen molar-refractivity contribution in [2.45, 2.75) is 39.8 Å². The highest BCUT2D eigenvalue weighted by atomic mass is 16.2. The molecule has 1 atom stereocenters. The Morgan fingerprint density at radius 2 is 1.79 bits per heavy atom. The minimum atomic E-state index is -0.602. The van der Waals surface area contributed by atoms with E-state index >= 15 is 0 Å². The Balaban J connectivity index is 2.74. The van der Waals surface area contributed by atoms with Crippen LogP contribution >= 0.6 is 0 Å². The van der Waals surface area contributed by atoms with Crippen LogP contribution in [-0.4, -0.2) is 23.9 Å². The van der Waals surface area contributed by atoms with Crippen molar-refractivity contribution < 1.29 is 9.59 Å². The molecule has 0 saturated carbocycles. The average Bonchev–Trinajstić information content (AvgIpc) is 2.31. The lowest BCUT2D eigenvalue weighted by Crippen LogP contribution is -2.46. The lowest BCUT2D eigenvalue weighted by atomic mass is 10.1. The standard InChI is InChI=1S/C14H21N3O2/c1-8(2)16-13(18)10(4)17-14(19)11-7-9(3)5-6-12(11)15/h5-8,10H,15H2,1-4H3,(H,16,18)(H,17,19). The Morgan fingerprint density at radius 3 is 2.37 bits per heavy atom. The van der Waals surface area contributed by atoms with Crippen LogP contribution in [0.4, 0.5) is 5.69 Å². The number of hydrogen-bond acceptors (Lipinski definition) is 3. The largest absolute Gasteiger partial charge is 0.398 e. The van der Waals surface area contributed by atoms with Gasteiger partial charge in [0.05, 0.1) is 5.56 Å². The molecule has 1 aromatic carbocycles. The first kappa shape index (κ1) is 15.0. The van der Waals surface area contributed by atoms with E-state index in [0.29, 0.717) is 11.3 Å². The summed E-state index contributed by atoms with van der Waals surface area (Å²) in [5, 5.41) is 5.38. The molecule has 0 aliphatic heterocycles. The Kier molecular flexibility index (Phi) is 4.92. The van der Waals surface area contributed by atoms with E-state index < -0.39 is 6.04 Å². The molecular formula is C14H21N3O2. The van der Waals surface area contributed by atoms with E-state index in [1.54, 1.807) is 19.1 Å². The van der Waals surface area contributed by atoms with Gasteiger partial charge in [0, 0.05) is 11.7 Å². The number of carbonyl (C=O) groups is 2. The number of nitrogens with two attached hydrogens (primary N) is 1. The summed E-state index contributed by atoms with van der Waals surface area (Å²) in [6.07, 6.45) is 0. The van der Waals surface area contributed by atoms with Crippen molar-refractivity contribution in [2.24, 2.45) is 0 Å². The molecule has 19 heavy (non-hydrogen) atoms. The van der Waals surface area contributed by atoms with Crippen molar-refractivity contribution in [3.8, 4) is 0 Å². The van der Waals surface area contributed by atoms with Gasteiger partial charge >= 0.3 is 0 Å². The van der Waals surface area contributed by atoms with Gasteiger partial charge in [-0.15, -0.1) is 0 Å². The number of aryl methyl sites for hydroxylation is 1. The molecule has 104 valence electrons. The minimum absolute atomic E-state index is 0.0379. The topological polar surface area (TPSA) is 84.2 Å². The van der Waals surface area contributed by atoms with Crippen molar-refractivity contribution in [1.29, 1.82) is 0 Å². The van der Waals surface area contributed by atoms with E-state index in [0.717, 1.165) is 5.56 Å². The Bertz CT molecular complexity index is 484. The maximum atomic E-state index is 12.0. The number of amides is 2. The summed E-state index contributed by atoms with van der Waals surface area (Å²) >= 11 is 0. The van der Waals surface area contributed by atoms with Crippen LogP contribution in [0.3, 0.4) is 0 Å². The predicted molar refractivity (Wildman–Crippen MR) is 75.8 cm³/mol. The van der Waals surface area contributed by atoms with Gasteiger partial charge in [-0.2, -0.15) is 0 Å². The molecule has 0 bridgehead atoms. The van der Waals surface area contributed by atoms with E-state index in [1.165, 1.54) is 0 Å². The summed E-state index contributed by atoms with van der Waals surface area (Å²) in [7, 11) is 0. The van der Waals surface area contributed by atoms with Crippen LogP contribution < -0.4 is 16.4 Å². The van der Waals surface area contributed by atoms with E-state index in [1.807, 2.05) is 26.8 Å². The third kappa shape index (κ3) is 4.28. The molecule has 0 aliphatic rings. The molecule has 1 rings (SSSR count). The number of carbonyl (C=O) groups excluding carboxylic acids is 2. The van der Waals surface area contributed by atoms with Gasteiger partial charge in [-0.1, -0.05) is 11.6 Å². The molecule has 1 aromatic rings. The molecule has 1 unspecified atom stereocenters. The van der Waals surface area contributed by atoms with Crippen LogP contribution in [-0.2, 0) is 4.79 Å². The smallest absolute Gasteiger partial charge is 0.254 e. The van der Waals surface area contributed by atoms with Gasteiger partial charge in [0.25, 0.3) is 5.91 Å². The van der Waals surface area contributed by atoms with Gasteiger partial charge in [-0.25, -0.2) is 0 Å². The lowest BCUT2D eigenvalue weighted by molar-refractivity contribution is -0.123. The van der Waals surface area contributed by atoms with Crippen LogP contribution in [0.1, 0.15) is 36.7 Å². The van der Waals surface area contributed by atoms with Crippen LogP contribution in [0.25, 0.3) is 0 Å². The summed E-state index contributed by atoms with van der Waals surface area (Å²) < 4.78 is 0. The third-order valence-electron chi connectivity index (χ3n) is 2.63. The minimum Gasteiger partial charge on any atom is -0.398 e. The number of nitrogen functional groups attached to an aromatic ring is 1. The normalized spacial score (nSPS) is 12.1. The van der Waals surface area contributed by atoms with Gasteiger partial charge in [0.2, 0.25) is 5.91 Å². The van der Waals surface area contributed by atoms with Gasteiger partial charge in [-0.05, 0) is 39.8 Å². The van der Waals surface area contributed by atoms with Crippen LogP contribution in [0.5, 0.6) is 0 Å². The zero-order chi connectivity index (χ0) is 14.6. The third-order valence-corrected chi connectivity index (χ3v) is 2.63. The van der Waals surface area contributed by atoms with Crippen molar-refractivity contribution in [3.63, 3.8) is 0 Å². The number of hydrogen-bond donors (Lipinski definition) is 3. The van der Waals surface area contributed by atoms with Gasteiger partial charge in [0.1, 0.15) is 6.04 Å². The van der Waals surface area contributed by atoms with E-state index in [4.69, 9.17) is 5.73 Å². The Morgan fingerprint density at radius 1 is 1.16 bits per heavy atom. The number of nitrogens with one attached hydrogen (secondary N) is 2. The number of benzene rings is 1. The average molecular weight is 263 g/mol. The molecule has 4 N–H and O–H groups in total. The summed E-state index contributed by atoms with van der Waals surface area (Å²) in [6, 6.07) is 4.66. The lowest BCUT2D eigenvalue weighted by Gasteiger charge is -2.16. The second-order valence-corrected chi connectivity index (χ2v) is 4.95. The SMILES string of the molecule is Cc1ccc(N)c(C(=O)NC(C)C(=O)NC(C)C)c1. The highest BCUT2D eigenvalue weighted by Crippen LogP contribution is 2.13. The summed E-state index contributed by atoms with van der Waals surface area (Å²) in [6.45, 7) is 7.25. The van der Waals surface area contributed by atoms with Crippen molar-refractivity contribution in [3.05, 3.63) is 29.3 Å². The fourth-order valence-corrected chi connectivity index (χ4v) is 1.62. The van der Waals surface area contributed by atoms with Crippen LogP contribution in [0.15, 0.2) is 18.2 Å². The molecule has 0 saturated heterocycles. The van der Waals surface area contributed by atoms with Crippen molar-refractivity contribution >= 4 is 17.5 Å². The maximum Gasteiger partial charge on any atom is 0.254 e. The molecule has 2 amide bonds. The molecule has 0 fully saturated rings. The van der Waals surface area contributed by atoms with Gasteiger partial charge < -0.3 is 16.4 Å². The predicted octanol–water partition coefficient (Wildman–Crippen LogP) is 1.22. The molecule has 5 heteroatoms. The summed E-state index contributed by atoms with van der Waals surface area (Å²) in [5.74, 6) is -0.554.